The second-order valence-electron chi connectivity index (χ2n) is 4.11. The molecular formula is C15H11F3O2. The maximum absolute atomic E-state index is 12.9. The van der Waals surface area contributed by atoms with E-state index in [0.717, 1.165) is 11.6 Å². The molecular weight excluding hydrogens is 269 g/mol. The van der Waals surface area contributed by atoms with Gasteiger partial charge in [0.2, 0.25) is 0 Å². The lowest BCUT2D eigenvalue weighted by Gasteiger charge is -2.15. The van der Waals surface area contributed by atoms with Crippen LogP contribution >= 0.6 is 0 Å². The van der Waals surface area contributed by atoms with Gasteiger partial charge in [-0.1, -0.05) is 36.4 Å². The Labute approximate surface area is 113 Å². The molecule has 0 fully saturated rings. The summed E-state index contributed by atoms with van der Waals surface area (Å²) in [5, 5.41) is 0. The second-order valence-corrected chi connectivity index (χ2v) is 4.11. The number of alkyl halides is 3. The van der Waals surface area contributed by atoms with Gasteiger partial charge in [-0.2, -0.15) is 13.2 Å². The molecule has 0 spiro atoms. The van der Waals surface area contributed by atoms with E-state index in [4.69, 9.17) is 4.74 Å². The number of aldehydes is 1. The summed E-state index contributed by atoms with van der Waals surface area (Å²) in [7, 11) is 0. The highest BCUT2D eigenvalue weighted by molar-refractivity contribution is 5.80. The number of para-hydroxylation sites is 1. The van der Waals surface area contributed by atoms with Crippen molar-refractivity contribution in [2.75, 3.05) is 0 Å². The summed E-state index contributed by atoms with van der Waals surface area (Å²) < 4.78 is 43.9. The number of carbonyl (C=O) groups is 1. The average molecular weight is 280 g/mol. The van der Waals surface area contributed by atoms with Gasteiger partial charge < -0.3 is 4.74 Å². The molecule has 104 valence electrons. The van der Waals surface area contributed by atoms with E-state index < -0.39 is 17.5 Å². The van der Waals surface area contributed by atoms with Crippen LogP contribution in [0.1, 0.15) is 21.5 Å². The molecule has 0 heterocycles. The Morgan fingerprint density at radius 3 is 2.30 bits per heavy atom. The number of carbonyl (C=O) groups excluding carboxylic acids is 1. The lowest BCUT2D eigenvalue weighted by molar-refractivity contribution is -0.139. The fourth-order valence-corrected chi connectivity index (χ4v) is 1.76. The van der Waals surface area contributed by atoms with Crippen molar-refractivity contribution >= 4 is 6.29 Å². The summed E-state index contributed by atoms with van der Waals surface area (Å²) in [5.74, 6) is -0.432. The Kier molecular flexibility index (Phi) is 4.08. The van der Waals surface area contributed by atoms with Crippen LogP contribution < -0.4 is 4.74 Å². The van der Waals surface area contributed by atoms with Gasteiger partial charge in [-0.3, -0.25) is 4.79 Å². The maximum Gasteiger partial charge on any atom is 0.419 e. The van der Waals surface area contributed by atoms with Crippen LogP contribution in [0, 0.1) is 0 Å². The molecule has 2 nitrogen and oxygen atoms in total. The molecule has 0 aliphatic heterocycles. The Balaban J connectivity index is 2.32. The van der Waals surface area contributed by atoms with Crippen molar-refractivity contribution in [3.05, 3.63) is 65.2 Å². The van der Waals surface area contributed by atoms with E-state index in [-0.39, 0.29) is 12.2 Å². The van der Waals surface area contributed by atoms with Crippen molar-refractivity contribution in [2.24, 2.45) is 0 Å². The molecule has 0 unspecified atom stereocenters. The average Bonchev–Trinajstić information content (AvgIpc) is 2.44. The Hall–Kier alpha value is -2.30. The number of benzene rings is 2. The van der Waals surface area contributed by atoms with Gasteiger partial charge >= 0.3 is 6.18 Å². The minimum absolute atomic E-state index is 0.0330. The quantitative estimate of drug-likeness (QED) is 0.788. The fourth-order valence-electron chi connectivity index (χ4n) is 1.76. The van der Waals surface area contributed by atoms with E-state index >= 15 is 0 Å². The van der Waals surface area contributed by atoms with E-state index in [1.807, 2.05) is 0 Å². The lowest BCUT2D eigenvalue weighted by atomic mass is 10.1. The summed E-state index contributed by atoms with van der Waals surface area (Å²) in [5.41, 5.74) is -0.338. The topological polar surface area (TPSA) is 26.3 Å². The predicted molar refractivity (Wildman–Crippen MR) is 67.6 cm³/mol. The molecule has 0 saturated heterocycles. The molecule has 0 bridgehead atoms. The van der Waals surface area contributed by atoms with Gasteiger partial charge in [0.15, 0.2) is 6.29 Å². The fraction of sp³-hybridized carbons (Fsp3) is 0.133. The molecule has 0 aliphatic carbocycles. The van der Waals surface area contributed by atoms with Crippen LogP contribution in [-0.4, -0.2) is 6.29 Å². The highest BCUT2D eigenvalue weighted by atomic mass is 19.4. The summed E-state index contributed by atoms with van der Waals surface area (Å²) in [6.07, 6.45) is -4.21. The van der Waals surface area contributed by atoms with Crippen molar-refractivity contribution in [3.8, 4) is 5.75 Å². The SMILES string of the molecule is O=Cc1cccc(C(F)(F)F)c1OCc1ccccc1. The number of rotatable bonds is 4. The molecule has 0 N–H and O–H groups in total. The molecule has 2 rings (SSSR count). The van der Waals surface area contributed by atoms with Crippen molar-refractivity contribution in [1.82, 2.24) is 0 Å². The number of hydrogen-bond donors (Lipinski definition) is 0. The zero-order chi connectivity index (χ0) is 14.6. The van der Waals surface area contributed by atoms with Gasteiger partial charge in [0.1, 0.15) is 12.4 Å². The second kappa shape index (κ2) is 5.77. The minimum Gasteiger partial charge on any atom is -0.488 e. The Bertz CT molecular complexity index is 592. The molecule has 0 saturated carbocycles. The molecule has 0 aromatic heterocycles. The first-order valence-corrected chi connectivity index (χ1v) is 5.84. The van der Waals surface area contributed by atoms with Gasteiger partial charge in [-0.05, 0) is 17.7 Å². The zero-order valence-electron chi connectivity index (χ0n) is 10.4. The van der Waals surface area contributed by atoms with Gasteiger partial charge in [0.25, 0.3) is 0 Å². The standard InChI is InChI=1S/C15H11F3O2/c16-15(17,18)13-8-4-7-12(9-19)14(13)20-10-11-5-2-1-3-6-11/h1-9H,10H2. The van der Waals surface area contributed by atoms with Crippen molar-refractivity contribution in [3.63, 3.8) is 0 Å². The highest BCUT2D eigenvalue weighted by Crippen LogP contribution is 2.38. The monoisotopic (exact) mass is 280 g/mol. The molecule has 0 amide bonds. The molecule has 0 radical (unpaired) electrons. The van der Waals surface area contributed by atoms with Crippen molar-refractivity contribution in [1.29, 1.82) is 0 Å². The molecule has 0 aliphatic rings. The Morgan fingerprint density at radius 2 is 1.70 bits per heavy atom. The van der Waals surface area contributed by atoms with Gasteiger partial charge in [0, 0.05) is 0 Å². The zero-order valence-corrected chi connectivity index (χ0v) is 10.4. The molecule has 5 heteroatoms. The summed E-state index contributed by atoms with van der Waals surface area (Å²) >= 11 is 0. The third-order valence-corrected chi connectivity index (χ3v) is 2.70. The predicted octanol–water partition coefficient (Wildman–Crippen LogP) is 4.10. The number of hydrogen-bond acceptors (Lipinski definition) is 2. The van der Waals surface area contributed by atoms with E-state index in [0.29, 0.717) is 6.29 Å². The lowest BCUT2D eigenvalue weighted by Crippen LogP contribution is -2.10. The molecule has 2 aromatic carbocycles. The van der Waals surface area contributed by atoms with Crippen molar-refractivity contribution < 1.29 is 22.7 Å². The number of halogens is 3. The van der Waals surface area contributed by atoms with Crippen LogP contribution in [0.4, 0.5) is 13.2 Å². The number of ether oxygens (including phenoxy) is 1. The van der Waals surface area contributed by atoms with Crippen LogP contribution in [0.2, 0.25) is 0 Å². The Morgan fingerprint density at radius 1 is 1.00 bits per heavy atom. The van der Waals surface area contributed by atoms with E-state index in [1.165, 1.54) is 12.1 Å². The first kappa shape index (κ1) is 14.1. The third kappa shape index (κ3) is 3.17. The van der Waals surface area contributed by atoms with E-state index in [1.54, 1.807) is 30.3 Å². The molecule has 20 heavy (non-hydrogen) atoms. The van der Waals surface area contributed by atoms with E-state index in [2.05, 4.69) is 0 Å². The third-order valence-electron chi connectivity index (χ3n) is 2.70. The van der Waals surface area contributed by atoms with Crippen molar-refractivity contribution in [2.45, 2.75) is 12.8 Å². The summed E-state index contributed by atoms with van der Waals surface area (Å²) in [4.78, 5) is 10.9. The van der Waals surface area contributed by atoms with Crippen LogP contribution in [0.3, 0.4) is 0 Å². The molecule has 0 atom stereocenters. The van der Waals surface area contributed by atoms with Crippen LogP contribution in [-0.2, 0) is 12.8 Å². The smallest absolute Gasteiger partial charge is 0.419 e. The van der Waals surface area contributed by atoms with Gasteiger partial charge in [-0.25, -0.2) is 0 Å². The van der Waals surface area contributed by atoms with Crippen LogP contribution in [0.25, 0.3) is 0 Å². The largest absolute Gasteiger partial charge is 0.488 e. The summed E-state index contributed by atoms with van der Waals surface area (Å²) in [6.45, 7) is -0.0330. The normalized spacial score (nSPS) is 11.2. The summed E-state index contributed by atoms with van der Waals surface area (Å²) in [6, 6.07) is 12.2. The highest BCUT2D eigenvalue weighted by Gasteiger charge is 2.35. The first-order chi connectivity index (χ1) is 9.52. The van der Waals surface area contributed by atoms with E-state index in [9.17, 15) is 18.0 Å². The van der Waals surface area contributed by atoms with Gasteiger partial charge in [0.05, 0.1) is 11.1 Å². The molecule has 2 aromatic rings. The minimum atomic E-state index is -4.56. The van der Waals surface area contributed by atoms with Gasteiger partial charge in [-0.15, -0.1) is 0 Å². The maximum atomic E-state index is 12.9. The van der Waals surface area contributed by atoms with Crippen LogP contribution in [0.5, 0.6) is 5.75 Å². The van der Waals surface area contributed by atoms with Crippen LogP contribution in [0.15, 0.2) is 48.5 Å². The first-order valence-electron chi connectivity index (χ1n) is 5.84.